The molecule has 1 aromatic rings. The third-order valence-corrected chi connectivity index (χ3v) is 3.22. The average Bonchev–Trinajstić information content (AvgIpc) is 2.41. The van der Waals surface area contributed by atoms with Gasteiger partial charge in [0.1, 0.15) is 5.75 Å². The molecule has 0 aromatic heterocycles. The van der Waals surface area contributed by atoms with E-state index in [2.05, 4.69) is 12.2 Å². The second kappa shape index (κ2) is 8.57. The maximum Gasteiger partial charge on any atom is 0.227 e. The minimum atomic E-state index is 0.0877. The molecule has 3 nitrogen and oxygen atoms in total. The predicted molar refractivity (Wildman–Crippen MR) is 79.5 cm³/mol. The Hall–Kier alpha value is -1.51. The zero-order valence-corrected chi connectivity index (χ0v) is 12.2. The van der Waals surface area contributed by atoms with E-state index >= 15 is 0 Å². The molecule has 0 radical (unpaired) electrons. The van der Waals surface area contributed by atoms with Gasteiger partial charge < -0.3 is 10.1 Å². The molecule has 1 aromatic carbocycles. The predicted octanol–water partition coefficient (Wildman–Crippen LogP) is 4.24. The molecule has 0 fully saturated rings. The molecule has 1 rings (SSSR count). The zero-order valence-electron chi connectivity index (χ0n) is 12.2. The number of rotatable bonds is 8. The lowest BCUT2D eigenvalue weighted by Crippen LogP contribution is -2.21. The smallest absolute Gasteiger partial charge is 0.227 e. The molecule has 0 saturated carbocycles. The monoisotopic (exact) mass is 263 g/mol. The van der Waals surface area contributed by atoms with Crippen LogP contribution < -0.4 is 10.1 Å². The molecule has 1 amide bonds. The first-order valence-electron chi connectivity index (χ1n) is 7.24. The first-order valence-corrected chi connectivity index (χ1v) is 7.24. The molecular weight excluding hydrogens is 238 g/mol. The Balaban J connectivity index is 2.58. The zero-order chi connectivity index (χ0) is 14.1. The summed E-state index contributed by atoms with van der Waals surface area (Å²) >= 11 is 0. The van der Waals surface area contributed by atoms with Crippen LogP contribution in [0.15, 0.2) is 24.3 Å². The van der Waals surface area contributed by atoms with Gasteiger partial charge in [0, 0.05) is 17.7 Å². The van der Waals surface area contributed by atoms with Crippen molar-refractivity contribution < 1.29 is 9.53 Å². The van der Waals surface area contributed by atoms with Gasteiger partial charge in [-0.15, -0.1) is 0 Å². The van der Waals surface area contributed by atoms with E-state index in [4.69, 9.17) is 4.74 Å². The van der Waals surface area contributed by atoms with Gasteiger partial charge in [-0.2, -0.15) is 0 Å². The molecule has 0 aliphatic rings. The lowest BCUT2D eigenvalue weighted by Gasteiger charge is -2.13. The Labute approximate surface area is 116 Å². The number of hydrogen-bond donors (Lipinski definition) is 1. The van der Waals surface area contributed by atoms with Crippen LogP contribution in [0.25, 0.3) is 0 Å². The van der Waals surface area contributed by atoms with Gasteiger partial charge in [-0.1, -0.05) is 33.3 Å². The molecule has 0 bridgehead atoms. The normalized spacial score (nSPS) is 10.5. The van der Waals surface area contributed by atoms with Gasteiger partial charge in [-0.05, 0) is 31.4 Å². The van der Waals surface area contributed by atoms with Crippen molar-refractivity contribution in [2.75, 3.05) is 11.9 Å². The van der Waals surface area contributed by atoms with Crippen LogP contribution in [0.3, 0.4) is 0 Å². The first kappa shape index (κ1) is 15.5. The Morgan fingerprint density at radius 2 is 2.00 bits per heavy atom. The summed E-state index contributed by atoms with van der Waals surface area (Å²) in [7, 11) is 0. The molecule has 1 N–H and O–H groups in total. The Kier molecular flexibility index (Phi) is 7.01. The summed E-state index contributed by atoms with van der Waals surface area (Å²) in [5, 5.41) is 2.96. The van der Waals surface area contributed by atoms with Crippen LogP contribution in [0.5, 0.6) is 5.75 Å². The number of hydrogen-bond acceptors (Lipinski definition) is 2. The lowest BCUT2D eigenvalue weighted by atomic mass is 10.0. The minimum absolute atomic E-state index is 0.0877. The van der Waals surface area contributed by atoms with Crippen LogP contribution in [-0.4, -0.2) is 12.5 Å². The molecule has 0 atom stereocenters. The molecule has 0 aliphatic heterocycles. The van der Waals surface area contributed by atoms with E-state index in [9.17, 15) is 4.79 Å². The second-order valence-corrected chi connectivity index (χ2v) is 4.73. The topological polar surface area (TPSA) is 38.3 Å². The van der Waals surface area contributed by atoms with Gasteiger partial charge in [0.15, 0.2) is 0 Å². The van der Waals surface area contributed by atoms with Crippen LogP contribution in [0, 0.1) is 5.92 Å². The van der Waals surface area contributed by atoms with E-state index in [1.165, 1.54) is 0 Å². The molecular formula is C16H25NO2. The van der Waals surface area contributed by atoms with Crippen LogP contribution >= 0.6 is 0 Å². The highest BCUT2D eigenvalue weighted by atomic mass is 16.5. The van der Waals surface area contributed by atoms with Crippen molar-refractivity contribution in [2.24, 2.45) is 5.92 Å². The highest BCUT2D eigenvalue weighted by Crippen LogP contribution is 2.19. The maximum atomic E-state index is 12.0. The molecule has 3 heteroatoms. The molecule has 0 heterocycles. The number of amides is 1. The largest absolute Gasteiger partial charge is 0.494 e. The van der Waals surface area contributed by atoms with Crippen LogP contribution in [-0.2, 0) is 4.79 Å². The standard InChI is InChI=1S/C16H25NO2/c1-4-7-11-19-15-10-8-9-14(12-15)17-16(18)13(5-2)6-3/h8-10,12-13H,4-7,11H2,1-3H3,(H,17,18). The van der Waals surface area contributed by atoms with Crippen LogP contribution in [0.2, 0.25) is 0 Å². The summed E-state index contributed by atoms with van der Waals surface area (Å²) in [5.41, 5.74) is 0.811. The van der Waals surface area contributed by atoms with Crippen molar-refractivity contribution in [1.82, 2.24) is 0 Å². The van der Waals surface area contributed by atoms with Gasteiger partial charge >= 0.3 is 0 Å². The van der Waals surface area contributed by atoms with Gasteiger partial charge in [0.2, 0.25) is 5.91 Å². The summed E-state index contributed by atoms with van der Waals surface area (Å²) in [4.78, 5) is 12.0. The quantitative estimate of drug-likeness (QED) is 0.712. The molecule has 19 heavy (non-hydrogen) atoms. The van der Waals surface area contributed by atoms with Crippen molar-refractivity contribution in [2.45, 2.75) is 46.5 Å². The number of carbonyl (C=O) groups excluding carboxylic acids is 1. The van der Waals surface area contributed by atoms with Crippen molar-refractivity contribution >= 4 is 11.6 Å². The summed E-state index contributed by atoms with van der Waals surface area (Å²) < 4.78 is 5.63. The molecule has 106 valence electrons. The fourth-order valence-electron chi connectivity index (χ4n) is 1.90. The summed E-state index contributed by atoms with van der Waals surface area (Å²) in [6.07, 6.45) is 3.90. The average molecular weight is 263 g/mol. The fraction of sp³-hybridized carbons (Fsp3) is 0.562. The first-order chi connectivity index (χ1) is 9.21. The Morgan fingerprint density at radius 1 is 1.26 bits per heavy atom. The van der Waals surface area contributed by atoms with Gasteiger partial charge in [0.25, 0.3) is 0 Å². The highest BCUT2D eigenvalue weighted by molar-refractivity contribution is 5.92. The van der Waals surface area contributed by atoms with Crippen molar-refractivity contribution in [3.05, 3.63) is 24.3 Å². The summed E-state index contributed by atoms with van der Waals surface area (Å²) in [6.45, 7) is 6.94. The van der Waals surface area contributed by atoms with Crippen molar-refractivity contribution in [3.8, 4) is 5.75 Å². The maximum absolute atomic E-state index is 12.0. The van der Waals surface area contributed by atoms with E-state index in [0.29, 0.717) is 0 Å². The Morgan fingerprint density at radius 3 is 2.63 bits per heavy atom. The fourth-order valence-corrected chi connectivity index (χ4v) is 1.90. The van der Waals surface area contributed by atoms with Crippen LogP contribution in [0.4, 0.5) is 5.69 Å². The third-order valence-electron chi connectivity index (χ3n) is 3.22. The number of nitrogens with one attached hydrogen (secondary N) is 1. The number of ether oxygens (including phenoxy) is 1. The number of anilines is 1. The lowest BCUT2D eigenvalue weighted by molar-refractivity contribution is -0.120. The van der Waals surface area contributed by atoms with Crippen molar-refractivity contribution in [1.29, 1.82) is 0 Å². The molecule has 0 saturated heterocycles. The third kappa shape index (κ3) is 5.33. The van der Waals surface area contributed by atoms with Crippen molar-refractivity contribution in [3.63, 3.8) is 0 Å². The van der Waals surface area contributed by atoms with E-state index in [1.54, 1.807) is 0 Å². The van der Waals surface area contributed by atoms with E-state index in [0.717, 1.165) is 43.7 Å². The van der Waals surface area contributed by atoms with Crippen LogP contribution in [0.1, 0.15) is 46.5 Å². The minimum Gasteiger partial charge on any atom is -0.494 e. The second-order valence-electron chi connectivity index (χ2n) is 4.73. The van der Waals surface area contributed by atoms with Gasteiger partial charge in [0.05, 0.1) is 6.61 Å². The van der Waals surface area contributed by atoms with E-state index in [1.807, 2.05) is 38.1 Å². The number of benzene rings is 1. The van der Waals surface area contributed by atoms with Gasteiger partial charge in [-0.25, -0.2) is 0 Å². The van der Waals surface area contributed by atoms with E-state index < -0.39 is 0 Å². The number of carbonyl (C=O) groups is 1. The number of unbranched alkanes of at least 4 members (excludes halogenated alkanes) is 1. The van der Waals surface area contributed by atoms with Gasteiger partial charge in [-0.3, -0.25) is 4.79 Å². The molecule has 0 spiro atoms. The molecule has 0 aliphatic carbocycles. The molecule has 0 unspecified atom stereocenters. The van der Waals surface area contributed by atoms with E-state index in [-0.39, 0.29) is 11.8 Å². The summed E-state index contributed by atoms with van der Waals surface area (Å²) in [5.74, 6) is 0.996. The summed E-state index contributed by atoms with van der Waals surface area (Å²) in [6, 6.07) is 7.61. The SMILES string of the molecule is CCCCOc1cccc(NC(=O)C(CC)CC)c1. The Bertz CT molecular complexity index is 386. The highest BCUT2D eigenvalue weighted by Gasteiger charge is 2.14.